The largest absolute Gasteiger partial charge is 0.366 e. The van der Waals surface area contributed by atoms with E-state index in [0.717, 1.165) is 13.3 Å². The molecule has 2 heteroatoms. The summed E-state index contributed by atoms with van der Waals surface area (Å²) in [5.41, 5.74) is 0. The second-order valence-electron chi connectivity index (χ2n) is 2.43. The number of hydrogen-bond acceptors (Lipinski definition) is 2. The highest BCUT2D eigenvalue weighted by atomic mass is 16.5. The van der Waals surface area contributed by atoms with Gasteiger partial charge >= 0.3 is 0 Å². The molecule has 0 amide bonds. The molecule has 1 aliphatic rings. The summed E-state index contributed by atoms with van der Waals surface area (Å²) in [7, 11) is 2.09. The second kappa shape index (κ2) is 2.46. The van der Waals surface area contributed by atoms with Crippen molar-refractivity contribution in [1.82, 2.24) is 4.90 Å². The van der Waals surface area contributed by atoms with E-state index in [9.17, 15) is 0 Å². The van der Waals surface area contributed by atoms with E-state index in [2.05, 4.69) is 18.9 Å². The lowest BCUT2D eigenvalue weighted by Gasteiger charge is -2.29. The van der Waals surface area contributed by atoms with Crippen LogP contribution in [0.15, 0.2) is 0 Å². The highest BCUT2D eigenvalue weighted by molar-refractivity contribution is 4.62. The molecule has 0 spiro atoms. The predicted molar refractivity (Wildman–Crippen MR) is 32.7 cm³/mol. The zero-order valence-electron chi connectivity index (χ0n) is 5.55. The Balaban J connectivity index is 2.28. The summed E-state index contributed by atoms with van der Waals surface area (Å²) in [6, 6.07) is 0.712. The first-order valence-corrected chi connectivity index (χ1v) is 3.08. The van der Waals surface area contributed by atoms with Crippen molar-refractivity contribution in [1.29, 1.82) is 0 Å². The van der Waals surface area contributed by atoms with Crippen LogP contribution < -0.4 is 0 Å². The van der Waals surface area contributed by atoms with Crippen LogP contribution in [0.1, 0.15) is 13.3 Å². The monoisotopic (exact) mass is 115 g/mol. The molecule has 2 nitrogen and oxygen atoms in total. The number of ether oxygens (including phenoxy) is 1. The van der Waals surface area contributed by atoms with Crippen molar-refractivity contribution in [2.24, 2.45) is 0 Å². The summed E-state index contributed by atoms with van der Waals surface area (Å²) >= 11 is 0. The second-order valence-corrected chi connectivity index (χ2v) is 2.43. The van der Waals surface area contributed by atoms with E-state index >= 15 is 0 Å². The Hall–Kier alpha value is -0.0800. The summed E-state index contributed by atoms with van der Waals surface area (Å²) in [4.78, 5) is 2.21. The van der Waals surface area contributed by atoms with Crippen LogP contribution in [-0.4, -0.2) is 31.3 Å². The molecule has 48 valence electrons. The van der Waals surface area contributed by atoms with Gasteiger partial charge in [-0.1, -0.05) is 0 Å². The van der Waals surface area contributed by atoms with Gasteiger partial charge in [-0.15, -0.1) is 0 Å². The standard InChI is InChI=1S/C6H13NO/c1-6-3-4-8-5-7(6)2/h6H,3-5H2,1-2H3. The highest BCUT2D eigenvalue weighted by Gasteiger charge is 2.12. The molecule has 0 N–H and O–H groups in total. The maximum absolute atomic E-state index is 5.18. The van der Waals surface area contributed by atoms with Gasteiger partial charge in [0.1, 0.15) is 0 Å². The van der Waals surface area contributed by atoms with Gasteiger partial charge in [0.15, 0.2) is 0 Å². The van der Waals surface area contributed by atoms with E-state index in [1.54, 1.807) is 0 Å². The van der Waals surface area contributed by atoms with Crippen molar-refractivity contribution >= 4 is 0 Å². The number of hydrogen-bond donors (Lipinski definition) is 0. The van der Waals surface area contributed by atoms with Crippen molar-refractivity contribution < 1.29 is 4.74 Å². The van der Waals surface area contributed by atoms with Crippen molar-refractivity contribution in [3.63, 3.8) is 0 Å². The summed E-state index contributed by atoms with van der Waals surface area (Å²) in [5, 5.41) is 0. The van der Waals surface area contributed by atoms with Gasteiger partial charge in [0.05, 0.1) is 6.73 Å². The van der Waals surface area contributed by atoms with Crippen LogP contribution in [0.25, 0.3) is 0 Å². The Kier molecular flexibility index (Phi) is 1.86. The average Bonchev–Trinajstić information content (AvgIpc) is 1.77. The van der Waals surface area contributed by atoms with Crippen LogP contribution in [0, 0.1) is 0 Å². The molecule has 1 saturated heterocycles. The van der Waals surface area contributed by atoms with Gasteiger partial charge in [0.2, 0.25) is 0 Å². The van der Waals surface area contributed by atoms with Crippen molar-refractivity contribution in [2.45, 2.75) is 19.4 Å². The minimum Gasteiger partial charge on any atom is -0.366 e. The first-order chi connectivity index (χ1) is 3.80. The number of nitrogens with zero attached hydrogens (tertiary/aromatic N) is 1. The van der Waals surface area contributed by atoms with Gasteiger partial charge in [-0.25, -0.2) is 0 Å². The first kappa shape index (κ1) is 6.05. The molecule has 8 heavy (non-hydrogen) atoms. The maximum atomic E-state index is 5.18. The SMILES string of the molecule is CC1CCOCN1C. The predicted octanol–water partition coefficient (Wildman–Crippen LogP) is 0.684. The molecular formula is C6H13NO. The molecule has 1 atom stereocenters. The smallest absolute Gasteiger partial charge is 0.0990 e. The van der Waals surface area contributed by atoms with Crippen LogP contribution >= 0.6 is 0 Å². The molecule has 1 fully saturated rings. The molecule has 1 rings (SSSR count). The third kappa shape index (κ3) is 1.20. The van der Waals surface area contributed by atoms with Crippen LogP contribution in [-0.2, 0) is 4.74 Å². The fourth-order valence-electron chi connectivity index (χ4n) is 0.810. The van der Waals surface area contributed by atoms with E-state index in [0.29, 0.717) is 6.04 Å². The first-order valence-electron chi connectivity index (χ1n) is 3.08. The summed E-state index contributed by atoms with van der Waals surface area (Å²) in [5.74, 6) is 0. The van der Waals surface area contributed by atoms with Crippen molar-refractivity contribution in [2.75, 3.05) is 20.4 Å². The van der Waals surface area contributed by atoms with Gasteiger partial charge < -0.3 is 4.74 Å². The molecule has 0 aliphatic carbocycles. The van der Waals surface area contributed by atoms with Crippen LogP contribution in [0.4, 0.5) is 0 Å². The fourth-order valence-corrected chi connectivity index (χ4v) is 0.810. The molecule has 1 aliphatic heterocycles. The van der Waals surface area contributed by atoms with Gasteiger partial charge in [0.25, 0.3) is 0 Å². The minimum absolute atomic E-state index is 0.712. The molecule has 0 saturated carbocycles. The molecule has 0 aromatic heterocycles. The van der Waals surface area contributed by atoms with E-state index in [1.807, 2.05) is 0 Å². The molecule has 0 aromatic rings. The maximum Gasteiger partial charge on any atom is 0.0990 e. The zero-order chi connectivity index (χ0) is 5.98. The van der Waals surface area contributed by atoms with Crippen molar-refractivity contribution in [3.05, 3.63) is 0 Å². The lowest BCUT2D eigenvalue weighted by Crippen LogP contribution is -2.36. The highest BCUT2D eigenvalue weighted by Crippen LogP contribution is 2.06. The zero-order valence-corrected chi connectivity index (χ0v) is 5.55. The molecule has 1 unspecified atom stereocenters. The van der Waals surface area contributed by atoms with E-state index in [-0.39, 0.29) is 0 Å². The number of rotatable bonds is 0. The fraction of sp³-hybridized carbons (Fsp3) is 1.00. The average molecular weight is 115 g/mol. The van der Waals surface area contributed by atoms with E-state index < -0.39 is 0 Å². The Bertz CT molecular complexity index is 64.9. The molecule has 0 bridgehead atoms. The summed E-state index contributed by atoms with van der Waals surface area (Å²) in [6.45, 7) is 3.97. The Morgan fingerprint density at radius 3 is 2.75 bits per heavy atom. The molecule has 0 radical (unpaired) electrons. The Morgan fingerprint density at radius 2 is 2.38 bits per heavy atom. The van der Waals surface area contributed by atoms with Crippen LogP contribution in [0.2, 0.25) is 0 Å². The van der Waals surface area contributed by atoms with E-state index in [4.69, 9.17) is 4.74 Å². The summed E-state index contributed by atoms with van der Waals surface area (Å²) < 4.78 is 5.18. The normalized spacial score (nSPS) is 33.0. The quantitative estimate of drug-likeness (QED) is 0.460. The third-order valence-electron chi connectivity index (χ3n) is 1.73. The van der Waals surface area contributed by atoms with Gasteiger partial charge in [-0.2, -0.15) is 0 Å². The third-order valence-corrected chi connectivity index (χ3v) is 1.73. The lowest BCUT2D eigenvalue weighted by atomic mass is 10.2. The topological polar surface area (TPSA) is 12.5 Å². The molecule has 0 aromatic carbocycles. The van der Waals surface area contributed by atoms with Crippen molar-refractivity contribution in [3.8, 4) is 0 Å². The summed E-state index contributed by atoms with van der Waals surface area (Å²) in [6.07, 6.45) is 1.18. The molecule has 1 heterocycles. The van der Waals surface area contributed by atoms with E-state index in [1.165, 1.54) is 6.42 Å². The Morgan fingerprint density at radius 1 is 1.62 bits per heavy atom. The Labute approximate surface area is 50.4 Å². The van der Waals surface area contributed by atoms with Gasteiger partial charge in [0, 0.05) is 12.6 Å². The lowest BCUT2D eigenvalue weighted by molar-refractivity contribution is -0.0272. The van der Waals surface area contributed by atoms with Gasteiger partial charge in [-0.3, -0.25) is 4.90 Å². The molecular weight excluding hydrogens is 102 g/mol. The van der Waals surface area contributed by atoms with Crippen LogP contribution in [0.5, 0.6) is 0 Å². The van der Waals surface area contributed by atoms with Gasteiger partial charge in [-0.05, 0) is 20.4 Å². The van der Waals surface area contributed by atoms with Crippen LogP contribution in [0.3, 0.4) is 0 Å². The minimum atomic E-state index is 0.712.